The summed E-state index contributed by atoms with van der Waals surface area (Å²) in [6, 6.07) is 9.88. The molecule has 2 heterocycles. The second-order valence-corrected chi connectivity index (χ2v) is 9.22. The molecular weight excluding hydrogens is 418 g/mol. The number of aromatic nitrogens is 1. The third kappa shape index (κ3) is 6.03. The Morgan fingerprint density at radius 3 is 2.33 bits per heavy atom. The van der Waals surface area contributed by atoms with E-state index in [0.717, 1.165) is 18.4 Å². The number of hydrogen-bond acceptors (Lipinski definition) is 4. The molecule has 1 fully saturated rings. The lowest BCUT2D eigenvalue weighted by atomic mass is 9.92. The molecule has 0 saturated carbocycles. The smallest absolute Gasteiger partial charge is 0.340 e. The number of rotatable bonds is 7. The lowest BCUT2D eigenvalue weighted by Gasteiger charge is -2.32. The molecule has 0 aliphatic carbocycles. The SMILES string of the molecule is Cc1[nH]c(C(=O)N2CCC(CC(=O)N[C@H](C)c3ccccc3)CC2)c(C)c1C(=O)OC(C)C. The van der Waals surface area contributed by atoms with Gasteiger partial charge >= 0.3 is 5.97 Å². The molecule has 2 amide bonds. The molecule has 1 aromatic heterocycles. The number of nitrogens with one attached hydrogen (secondary N) is 2. The Kier molecular flexibility index (Phi) is 7.95. The number of carbonyl (C=O) groups is 3. The average molecular weight is 454 g/mol. The molecule has 7 nitrogen and oxygen atoms in total. The Balaban J connectivity index is 1.54. The number of benzene rings is 1. The van der Waals surface area contributed by atoms with Crippen LogP contribution in [0, 0.1) is 19.8 Å². The summed E-state index contributed by atoms with van der Waals surface area (Å²) in [5.41, 5.74) is 3.22. The molecule has 0 radical (unpaired) electrons. The van der Waals surface area contributed by atoms with Crippen LogP contribution < -0.4 is 5.32 Å². The van der Waals surface area contributed by atoms with Gasteiger partial charge in [-0.1, -0.05) is 30.3 Å². The summed E-state index contributed by atoms with van der Waals surface area (Å²) in [4.78, 5) is 42.9. The molecule has 2 N–H and O–H groups in total. The van der Waals surface area contributed by atoms with Crippen LogP contribution in [-0.4, -0.2) is 46.9 Å². The third-order valence-corrected chi connectivity index (χ3v) is 6.25. The molecule has 2 aromatic rings. The minimum atomic E-state index is -0.412. The lowest BCUT2D eigenvalue weighted by Crippen LogP contribution is -2.40. The van der Waals surface area contributed by atoms with Crippen molar-refractivity contribution in [3.8, 4) is 0 Å². The van der Waals surface area contributed by atoms with Crippen LogP contribution in [0.15, 0.2) is 30.3 Å². The summed E-state index contributed by atoms with van der Waals surface area (Å²) in [5, 5.41) is 3.08. The summed E-state index contributed by atoms with van der Waals surface area (Å²) >= 11 is 0. The van der Waals surface area contributed by atoms with Crippen molar-refractivity contribution in [2.75, 3.05) is 13.1 Å². The van der Waals surface area contributed by atoms with E-state index >= 15 is 0 Å². The van der Waals surface area contributed by atoms with Crippen molar-refractivity contribution in [1.82, 2.24) is 15.2 Å². The van der Waals surface area contributed by atoms with E-state index in [1.807, 2.05) is 37.3 Å². The van der Waals surface area contributed by atoms with Gasteiger partial charge in [0.05, 0.1) is 17.7 Å². The zero-order valence-corrected chi connectivity index (χ0v) is 20.2. The number of ether oxygens (including phenoxy) is 1. The number of likely N-dealkylation sites (tertiary alicyclic amines) is 1. The van der Waals surface area contributed by atoms with Gasteiger partial charge in [0.25, 0.3) is 5.91 Å². The first-order valence-corrected chi connectivity index (χ1v) is 11.7. The summed E-state index contributed by atoms with van der Waals surface area (Å²) in [7, 11) is 0. The second kappa shape index (κ2) is 10.7. The van der Waals surface area contributed by atoms with E-state index in [1.165, 1.54) is 0 Å². The van der Waals surface area contributed by atoms with Crippen molar-refractivity contribution in [3.63, 3.8) is 0 Å². The fourth-order valence-corrected chi connectivity index (χ4v) is 4.43. The second-order valence-electron chi connectivity index (χ2n) is 9.22. The molecule has 1 aromatic carbocycles. The van der Waals surface area contributed by atoms with E-state index in [-0.39, 0.29) is 29.9 Å². The molecule has 7 heteroatoms. The first-order valence-electron chi connectivity index (χ1n) is 11.7. The van der Waals surface area contributed by atoms with E-state index in [2.05, 4.69) is 10.3 Å². The van der Waals surface area contributed by atoms with Gasteiger partial charge in [-0.05, 0) is 64.5 Å². The van der Waals surface area contributed by atoms with E-state index in [0.29, 0.717) is 42.0 Å². The van der Waals surface area contributed by atoms with Gasteiger partial charge in [-0.25, -0.2) is 4.79 Å². The van der Waals surface area contributed by atoms with E-state index in [1.54, 1.807) is 32.6 Å². The predicted molar refractivity (Wildman–Crippen MR) is 127 cm³/mol. The van der Waals surface area contributed by atoms with Gasteiger partial charge in [0, 0.05) is 25.2 Å². The van der Waals surface area contributed by atoms with Gasteiger partial charge in [0.15, 0.2) is 0 Å². The number of hydrogen-bond donors (Lipinski definition) is 2. The van der Waals surface area contributed by atoms with E-state index < -0.39 is 5.97 Å². The quantitative estimate of drug-likeness (QED) is 0.611. The third-order valence-electron chi connectivity index (χ3n) is 6.25. The van der Waals surface area contributed by atoms with Crippen LogP contribution >= 0.6 is 0 Å². The van der Waals surface area contributed by atoms with Crippen LogP contribution in [0.2, 0.25) is 0 Å². The highest BCUT2D eigenvalue weighted by atomic mass is 16.5. The topological polar surface area (TPSA) is 91.5 Å². The first-order chi connectivity index (χ1) is 15.7. The first kappa shape index (κ1) is 24.6. The van der Waals surface area contributed by atoms with Gasteiger partial charge in [0.2, 0.25) is 5.91 Å². The fourth-order valence-electron chi connectivity index (χ4n) is 4.43. The number of aromatic amines is 1. The highest BCUT2D eigenvalue weighted by Crippen LogP contribution is 2.25. The van der Waals surface area contributed by atoms with Gasteiger partial charge in [-0.2, -0.15) is 0 Å². The predicted octanol–water partition coefficient (Wildman–Crippen LogP) is 4.32. The van der Waals surface area contributed by atoms with Crippen molar-refractivity contribution in [2.24, 2.45) is 5.92 Å². The van der Waals surface area contributed by atoms with Crippen LogP contribution in [-0.2, 0) is 9.53 Å². The Morgan fingerprint density at radius 2 is 1.73 bits per heavy atom. The summed E-state index contributed by atoms with van der Waals surface area (Å²) in [5.74, 6) is -0.232. The van der Waals surface area contributed by atoms with E-state index in [4.69, 9.17) is 4.74 Å². The average Bonchev–Trinajstić information content (AvgIpc) is 3.07. The Bertz CT molecular complexity index is 988. The Labute approximate surface area is 195 Å². The molecule has 33 heavy (non-hydrogen) atoms. The molecular formula is C26H35N3O4. The standard InChI is InChI=1S/C26H35N3O4/c1-16(2)33-26(32)23-17(3)24(28-19(23)5)25(31)29-13-11-20(12-14-29)15-22(30)27-18(4)21-9-7-6-8-10-21/h6-10,16,18,20,28H,11-15H2,1-5H3,(H,27,30)/t18-/m1/s1. The molecule has 0 spiro atoms. The van der Waals surface area contributed by atoms with Gasteiger partial charge in [-0.15, -0.1) is 0 Å². The molecule has 178 valence electrons. The number of amides is 2. The van der Waals surface area contributed by atoms with Crippen LogP contribution in [0.5, 0.6) is 0 Å². The minimum Gasteiger partial charge on any atom is -0.459 e. The Morgan fingerprint density at radius 1 is 1.09 bits per heavy atom. The zero-order valence-electron chi connectivity index (χ0n) is 20.2. The number of nitrogens with zero attached hydrogens (tertiary/aromatic N) is 1. The molecule has 3 rings (SSSR count). The number of piperidine rings is 1. The van der Waals surface area contributed by atoms with Gasteiger partial charge in [-0.3, -0.25) is 9.59 Å². The highest BCUT2D eigenvalue weighted by molar-refractivity contribution is 6.00. The van der Waals surface area contributed by atoms with Gasteiger partial charge < -0.3 is 19.9 Å². The molecule has 1 atom stereocenters. The van der Waals surface area contributed by atoms with Crippen LogP contribution in [0.3, 0.4) is 0 Å². The van der Waals surface area contributed by atoms with E-state index in [9.17, 15) is 14.4 Å². The number of carbonyl (C=O) groups excluding carboxylic acids is 3. The van der Waals surface area contributed by atoms with Crippen LogP contribution in [0.4, 0.5) is 0 Å². The maximum atomic E-state index is 13.1. The van der Waals surface area contributed by atoms with Crippen LogP contribution in [0.25, 0.3) is 0 Å². The summed E-state index contributed by atoms with van der Waals surface area (Å²) in [6.07, 6.45) is 1.79. The van der Waals surface area contributed by atoms with Crippen molar-refractivity contribution in [1.29, 1.82) is 0 Å². The molecule has 1 saturated heterocycles. The van der Waals surface area contributed by atoms with Crippen molar-refractivity contribution >= 4 is 17.8 Å². The number of H-pyrrole nitrogens is 1. The van der Waals surface area contributed by atoms with Crippen molar-refractivity contribution in [3.05, 3.63) is 58.4 Å². The molecule has 1 aliphatic heterocycles. The lowest BCUT2D eigenvalue weighted by molar-refractivity contribution is -0.122. The fraction of sp³-hybridized carbons (Fsp3) is 0.500. The summed E-state index contributed by atoms with van der Waals surface area (Å²) < 4.78 is 5.32. The van der Waals surface area contributed by atoms with Crippen LogP contribution in [0.1, 0.15) is 83.7 Å². The number of aryl methyl sites for hydroxylation is 1. The normalized spacial score (nSPS) is 15.4. The largest absolute Gasteiger partial charge is 0.459 e. The Hall–Kier alpha value is -3.09. The highest BCUT2D eigenvalue weighted by Gasteiger charge is 2.29. The van der Waals surface area contributed by atoms with Gasteiger partial charge in [0.1, 0.15) is 5.69 Å². The number of esters is 1. The maximum absolute atomic E-state index is 13.1. The molecule has 0 bridgehead atoms. The van der Waals surface area contributed by atoms with Crippen molar-refractivity contribution < 1.29 is 19.1 Å². The molecule has 0 unspecified atom stereocenters. The zero-order chi connectivity index (χ0) is 24.1. The monoisotopic (exact) mass is 453 g/mol. The molecule has 1 aliphatic rings. The summed E-state index contributed by atoms with van der Waals surface area (Å²) in [6.45, 7) is 10.3. The minimum absolute atomic E-state index is 0.0314. The van der Waals surface area contributed by atoms with Crippen molar-refractivity contribution in [2.45, 2.75) is 66.0 Å². The maximum Gasteiger partial charge on any atom is 0.340 e.